The summed E-state index contributed by atoms with van der Waals surface area (Å²) in [5.41, 5.74) is 1.49. The van der Waals surface area contributed by atoms with E-state index in [1.54, 1.807) is 6.07 Å². The summed E-state index contributed by atoms with van der Waals surface area (Å²) in [4.78, 5) is 13.1. The van der Waals surface area contributed by atoms with Crippen LogP contribution in [0.25, 0.3) is 0 Å². The van der Waals surface area contributed by atoms with Gasteiger partial charge in [-0.15, -0.1) is 0 Å². The Balaban J connectivity index is 2.09. The van der Waals surface area contributed by atoms with Gasteiger partial charge in [0.25, 0.3) is 0 Å². The molecule has 0 spiro atoms. The molecule has 2 rings (SSSR count). The molecule has 4 nitrogen and oxygen atoms in total. The molecule has 0 amide bonds. The van der Waals surface area contributed by atoms with Crippen molar-refractivity contribution in [3.63, 3.8) is 0 Å². The predicted molar refractivity (Wildman–Crippen MR) is 82.5 cm³/mol. The number of rotatable bonds is 4. The van der Waals surface area contributed by atoms with Crippen LogP contribution in [0.1, 0.15) is 31.7 Å². The van der Waals surface area contributed by atoms with Crippen molar-refractivity contribution in [3.05, 3.63) is 28.8 Å². The quantitative estimate of drug-likeness (QED) is 0.924. The number of halogens is 1. The van der Waals surface area contributed by atoms with Crippen molar-refractivity contribution < 1.29 is 9.90 Å². The minimum atomic E-state index is -0.735. The zero-order valence-electron chi connectivity index (χ0n) is 12.1. The average Bonchev–Trinajstić information content (AvgIpc) is 2.46. The van der Waals surface area contributed by atoms with Gasteiger partial charge in [0.2, 0.25) is 0 Å². The second-order valence-corrected chi connectivity index (χ2v) is 6.11. The lowest BCUT2D eigenvalue weighted by Gasteiger charge is -2.37. The Hall–Kier alpha value is -1.73. The number of piperidine rings is 1. The number of nitriles is 1. The van der Waals surface area contributed by atoms with Crippen LogP contribution in [0.5, 0.6) is 0 Å². The van der Waals surface area contributed by atoms with Crippen LogP contribution in [0.3, 0.4) is 0 Å². The molecule has 1 aliphatic heterocycles. The molecule has 0 aliphatic carbocycles. The molecule has 1 fully saturated rings. The largest absolute Gasteiger partial charge is 0.481 e. The number of aliphatic carboxylic acids is 1. The summed E-state index contributed by atoms with van der Waals surface area (Å²) >= 11 is 6.09. The van der Waals surface area contributed by atoms with E-state index in [0.29, 0.717) is 16.5 Å². The van der Waals surface area contributed by atoms with E-state index in [-0.39, 0.29) is 12.3 Å². The number of nitrogens with zero attached hydrogens (tertiary/aromatic N) is 2. The van der Waals surface area contributed by atoms with E-state index in [1.807, 2.05) is 19.1 Å². The lowest BCUT2D eigenvalue weighted by molar-refractivity contribution is -0.138. The van der Waals surface area contributed by atoms with E-state index >= 15 is 0 Å². The van der Waals surface area contributed by atoms with Crippen molar-refractivity contribution in [1.29, 1.82) is 5.26 Å². The first-order chi connectivity index (χ1) is 10.0. The van der Waals surface area contributed by atoms with Gasteiger partial charge < -0.3 is 10.0 Å². The number of carbonyl (C=O) groups is 1. The van der Waals surface area contributed by atoms with E-state index in [9.17, 15) is 4.79 Å². The third-order valence-electron chi connectivity index (χ3n) is 4.20. The Bertz CT molecular complexity index is 568. The van der Waals surface area contributed by atoms with E-state index in [1.165, 1.54) is 0 Å². The zero-order valence-corrected chi connectivity index (χ0v) is 12.8. The van der Waals surface area contributed by atoms with E-state index in [4.69, 9.17) is 22.0 Å². The van der Waals surface area contributed by atoms with E-state index < -0.39 is 5.97 Å². The molecular weight excluding hydrogens is 288 g/mol. The number of hydrogen-bond donors (Lipinski definition) is 1. The molecule has 1 saturated heterocycles. The van der Waals surface area contributed by atoms with Gasteiger partial charge in [0, 0.05) is 25.2 Å². The van der Waals surface area contributed by atoms with Crippen LogP contribution >= 0.6 is 11.6 Å². The molecule has 1 heterocycles. The zero-order chi connectivity index (χ0) is 15.4. The van der Waals surface area contributed by atoms with Gasteiger partial charge in [0.1, 0.15) is 6.07 Å². The van der Waals surface area contributed by atoms with Crippen LogP contribution in [-0.2, 0) is 4.79 Å². The van der Waals surface area contributed by atoms with Crippen molar-refractivity contribution in [2.24, 2.45) is 11.8 Å². The Kier molecular flexibility index (Phi) is 5.08. The molecule has 1 N–H and O–H groups in total. The fourth-order valence-corrected chi connectivity index (χ4v) is 3.16. The molecular formula is C16H19ClN2O2. The summed E-state index contributed by atoms with van der Waals surface area (Å²) in [5.74, 6) is -0.190. The van der Waals surface area contributed by atoms with Gasteiger partial charge in [-0.25, -0.2) is 0 Å². The van der Waals surface area contributed by atoms with E-state index in [0.717, 1.165) is 31.6 Å². The fraction of sp³-hybridized carbons (Fsp3) is 0.500. The van der Waals surface area contributed by atoms with Crippen molar-refractivity contribution in [1.82, 2.24) is 0 Å². The highest BCUT2D eigenvalue weighted by molar-refractivity contribution is 6.32. The molecule has 1 aromatic carbocycles. The van der Waals surface area contributed by atoms with Gasteiger partial charge in [0.15, 0.2) is 0 Å². The fourth-order valence-electron chi connectivity index (χ4n) is 2.94. The highest BCUT2D eigenvalue weighted by Crippen LogP contribution is 2.31. The lowest BCUT2D eigenvalue weighted by Crippen LogP contribution is -2.38. The summed E-state index contributed by atoms with van der Waals surface area (Å²) in [6, 6.07) is 7.53. The first-order valence-corrected chi connectivity index (χ1v) is 7.55. The Morgan fingerprint density at radius 1 is 1.62 bits per heavy atom. The van der Waals surface area contributed by atoms with Gasteiger partial charge in [0.05, 0.1) is 10.6 Å². The highest BCUT2D eigenvalue weighted by atomic mass is 35.5. The second kappa shape index (κ2) is 6.82. The minimum absolute atomic E-state index is 0.166. The Labute approximate surface area is 129 Å². The standard InChI is InChI=1S/C16H19ClN2O2/c1-11(7-16(20)21)13-3-2-6-19(10-13)14-5-4-12(9-18)15(17)8-14/h4-5,8,11,13H,2-3,6-7,10H2,1H3,(H,20,21). The molecule has 2 atom stereocenters. The number of anilines is 1. The van der Waals surface area contributed by atoms with Gasteiger partial charge in [-0.05, 0) is 42.9 Å². The Morgan fingerprint density at radius 3 is 3.00 bits per heavy atom. The molecule has 0 radical (unpaired) electrons. The summed E-state index contributed by atoms with van der Waals surface area (Å²) in [5, 5.41) is 18.3. The third kappa shape index (κ3) is 3.89. The second-order valence-electron chi connectivity index (χ2n) is 5.70. The van der Waals surface area contributed by atoms with E-state index in [2.05, 4.69) is 11.0 Å². The van der Waals surface area contributed by atoms with Crippen molar-refractivity contribution >= 4 is 23.3 Å². The molecule has 1 aliphatic rings. The maximum atomic E-state index is 10.9. The minimum Gasteiger partial charge on any atom is -0.481 e. The van der Waals surface area contributed by atoms with Gasteiger partial charge in [-0.3, -0.25) is 4.79 Å². The van der Waals surface area contributed by atoms with Gasteiger partial charge >= 0.3 is 5.97 Å². The average molecular weight is 307 g/mol. The number of carboxylic acid groups (broad SMARTS) is 1. The first kappa shape index (κ1) is 15.7. The van der Waals surface area contributed by atoms with Gasteiger partial charge in [-0.2, -0.15) is 5.26 Å². The molecule has 0 aromatic heterocycles. The molecule has 112 valence electrons. The van der Waals surface area contributed by atoms with Crippen LogP contribution in [-0.4, -0.2) is 24.2 Å². The van der Waals surface area contributed by atoms with Crippen molar-refractivity contribution in [2.45, 2.75) is 26.2 Å². The summed E-state index contributed by atoms with van der Waals surface area (Å²) in [7, 11) is 0. The molecule has 1 aromatic rings. The van der Waals surface area contributed by atoms with Crippen LogP contribution in [0, 0.1) is 23.2 Å². The van der Waals surface area contributed by atoms with Crippen LogP contribution in [0.2, 0.25) is 5.02 Å². The molecule has 2 unspecified atom stereocenters. The van der Waals surface area contributed by atoms with Crippen LogP contribution < -0.4 is 4.90 Å². The highest BCUT2D eigenvalue weighted by Gasteiger charge is 2.26. The number of benzene rings is 1. The topological polar surface area (TPSA) is 64.3 Å². The predicted octanol–water partition coefficient (Wildman–Crippen LogP) is 3.54. The van der Waals surface area contributed by atoms with Crippen molar-refractivity contribution in [3.8, 4) is 6.07 Å². The first-order valence-electron chi connectivity index (χ1n) is 7.17. The summed E-state index contributed by atoms with van der Waals surface area (Å²) in [6.45, 7) is 3.79. The van der Waals surface area contributed by atoms with Gasteiger partial charge in [-0.1, -0.05) is 18.5 Å². The van der Waals surface area contributed by atoms with Crippen LogP contribution in [0.15, 0.2) is 18.2 Å². The SMILES string of the molecule is CC(CC(=O)O)C1CCCN(c2ccc(C#N)c(Cl)c2)C1. The monoisotopic (exact) mass is 306 g/mol. The Morgan fingerprint density at radius 2 is 2.38 bits per heavy atom. The van der Waals surface area contributed by atoms with Crippen molar-refractivity contribution in [2.75, 3.05) is 18.0 Å². The summed E-state index contributed by atoms with van der Waals surface area (Å²) < 4.78 is 0. The maximum absolute atomic E-state index is 10.9. The smallest absolute Gasteiger partial charge is 0.303 e. The maximum Gasteiger partial charge on any atom is 0.303 e. The molecule has 5 heteroatoms. The summed E-state index contributed by atoms with van der Waals surface area (Å²) in [6.07, 6.45) is 2.33. The third-order valence-corrected chi connectivity index (χ3v) is 4.51. The molecule has 0 bridgehead atoms. The molecule has 21 heavy (non-hydrogen) atoms. The lowest BCUT2D eigenvalue weighted by atomic mass is 9.84. The normalized spacial score (nSPS) is 19.9. The van der Waals surface area contributed by atoms with Crippen LogP contribution in [0.4, 0.5) is 5.69 Å². The molecule has 0 saturated carbocycles. The number of hydrogen-bond acceptors (Lipinski definition) is 3. The number of carboxylic acids is 1.